The molecule has 0 aliphatic rings. The first-order chi connectivity index (χ1) is 9.67. The predicted octanol–water partition coefficient (Wildman–Crippen LogP) is 2.77. The molecule has 1 rings (SSSR count). The van der Waals surface area contributed by atoms with Gasteiger partial charge >= 0.3 is 0 Å². The Bertz CT molecular complexity index is 498. The van der Waals surface area contributed by atoms with Crippen LogP contribution in [0.4, 0.5) is 0 Å². The number of thiocarbonyl (C=S) groups is 1. The summed E-state index contributed by atoms with van der Waals surface area (Å²) in [6, 6.07) is 9.60. The van der Waals surface area contributed by atoms with Gasteiger partial charge in [0.25, 0.3) is 0 Å². The molecule has 0 saturated carbocycles. The Hall–Kier alpha value is -2.20. The van der Waals surface area contributed by atoms with Crippen LogP contribution < -0.4 is 5.32 Å². The normalized spacial score (nSPS) is 10.0. The van der Waals surface area contributed by atoms with Crippen molar-refractivity contribution in [3.05, 3.63) is 67.3 Å². The Morgan fingerprint density at radius 3 is 2.35 bits per heavy atom. The van der Waals surface area contributed by atoms with Crippen LogP contribution in [0.1, 0.15) is 5.56 Å². The maximum Gasteiger partial charge on any atom is 0.250 e. The van der Waals surface area contributed by atoms with E-state index in [1.807, 2.05) is 30.3 Å². The molecule has 0 unspecified atom stereocenters. The zero-order valence-corrected chi connectivity index (χ0v) is 12.1. The lowest BCUT2D eigenvalue weighted by Crippen LogP contribution is -2.42. The molecule has 1 aromatic carbocycles. The van der Waals surface area contributed by atoms with Crippen LogP contribution in [0.15, 0.2) is 61.7 Å². The summed E-state index contributed by atoms with van der Waals surface area (Å²) in [4.78, 5) is 13.6. The maximum atomic E-state index is 11.8. The number of amides is 1. The molecule has 0 heterocycles. The SMILES string of the molecule is C=CCN(CC=C)C(=S)NC(=O)/C=C/c1ccccc1. The van der Waals surface area contributed by atoms with Crippen LogP contribution >= 0.6 is 12.2 Å². The molecule has 0 spiro atoms. The molecule has 4 heteroatoms. The van der Waals surface area contributed by atoms with E-state index in [-0.39, 0.29) is 5.91 Å². The third-order valence-electron chi connectivity index (χ3n) is 2.44. The van der Waals surface area contributed by atoms with Crippen LogP contribution in [-0.4, -0.2) is 29.0 Å². The third kappa shape index (κ3) is 5.63. The van der Waals surface area contributed by atoms with Gasteiger partial charge in [-0.1, -0.05) is 42.5 Å². The second-order valence-corrected chi connectivity index (χ2v) is 4.41. The minimum absolute atomic E-state index is 0.253. The van der Waals surface area contributed by atoms with Crippen molar-refractivity contribution in [1.82, 2.24) is 10.2 Å². The first-order valence-corrected chi connectivity index (χ1v) is 6.63. The zero-order chi connectivity index (χ0) is 14.8. The number of rotatable bonds is 6. The summed E-state index contributed by atoms with van der Waals surface area (Å²) in [5, 5.41) is 3.02. The lowest BCUT2D eigenvalue weighted by atomic mass is 10.2. The standard InChI is InChI=1S/C16H18N2OS/c1-3-12-18(13-4-2)16(20)17-15(19)11-10-14-8-6-5-7-9-14/h3-11H,1-2,12-13H2,(H,17,19,20)/b11-10+. The van der Waals surface area contributed by atoms with Gasteiger partial charge in [0.05, 0.1) is 0 Å². The predicted molar refractivity (Wildman–Crippen MR) is 88.2 cm³/mol. The van der Waals surface area contributed by atoms with Gasteiger partial charge in [-0.15, -0.1) is 13.2 Å². The van der Waals surface area contributed by atoms with Crippen molar-refractivity contribution >= 4 is 29.3 Å². The first-order valence-electron chi connectivity index (χ1n) is 6.22. The lowest BCUT2D eigenvalue weighted by Gasteiger charge is -2.21. The van der Waals surface area contributed by atoms with E-state index in [0.29, 0.717) is 18.2 Å². The van der Waals surface area contributed by atoms with Gasteiger partial charge in [-0.05, 0) is 23.9 Å². The number of nitrogens with zero attached hydrogens (tertiary/aromatic N) is 1. The molecule has 1 amide bonds. The molecular formula is C16H18N2OS. The van der Waals surface area contributed by atoms with Gasteiger partial charge in [0.1, 0.15) is 0 Å². The second-order valence-electron chi connectivity index (χ2n) is 4.02. The second kappa shape index (κ2) is 8.82. The van der Waals surface area contributed by atoms with Crippen LogP contribution in [0.5, 0.6) is 0 Å². The number of carbonyl (C=O) groups is 1. The van der Waals surface area contributed by atoms with Gasteiger partial charge in [-0.25, -0.2) is 0 Å². The van der Waals surface area contributed by atoms with Gasteiger partial charge in [-0.2, -0.15) is 0 Å². The summed E-state index contributed by atoms with van der Waals surface area (Å²) >= 11 is 5.18. The van der Waals surface area contributed by atoms with E-state index >= 15 is 0 Å². The van der Waals surface area contributed by atoms with Crippen molar-refractivity contribution in [2.45, 2.75) is 0 Å². The highest BCUT2D eigenvalue weighted by molar-refractivity contribution is 7.80. The van der Waals surface area contributed by atoms with Crippen molar-refractivity contribution in [2.24, 2.45) is 0 Å². The van der Waals surface area contributed by atoms with Gasteiger partial charge in [0.2, 0.25) is 5.91 Å². The van der Waals surface area contributed by atoms with Crippen LogP contribution in [0.3, 0.4) is 0 Å². The van der Waals surface area contributed by atoms with Gasteiger partial charge in [0, 0.05) is 19.2 Å². The van der Waals surface area contributed by atoms with Crippen molar-refractivity contribution in [1.29, 1.82) is 0 Å². The van der Waals surface area contributed by atoms with Crippen molar-refractivity contribution < 1.29 is 4.79 Å². The molecule has 0 bridgehead atoms. The Morgan fingerprint density at radius 1 is 1.20 bits per heavy atom. The molecule has 104 valence electrons. The molecule has 1 aromatic rings. The minimum Gasteiger partial charge on any atom is -0.342 e. The topological polar surface area (TPSA) is 32.3 Å². The summed E-state index contributed by atoms with van der Waals surface area (Å²) in [5.41, 5.74) is 0.961. The zero-order valence-electron chi connectivity index (χ0n) is 11.3. The van der Waals surface area contributed by atoms with E-state index in [1.54, 1.807) is 23.1 Å². The largest absolute Gasteiger partial charge is 0.342 e. The fraction of sp³-hybridized carbons (Fsp3) is 0.125. The van der Waals surface area contributed by atoms with Crippen LogP contribution in [-0.2, 0) is 4.79 Å². The highest BCUT2D eigenvalue weighted by Crippen LogP contribution is 2.00. The minimum atomic E-state index is -0.253. The Labute approximate surface area is 125 Å². The average molecular weight is 286 g/mol. The van der Waals surface area contributed by atoms with E-state index in [9.17, 15) is 4.79 Å². The molecule has 1 N–H and O–H groups in total. The third-order valence-corrected chi connectivity index (χ3v) is 2.80. The molecule has 0 atom stereocenters. The number of hydrogen-bond donors (Lipinski definition) is 1. The highest BCUT2D eigenvalue weighted by Gasteiger charge is 2.08. The Kier molecular flexibility index (Phi) is 7.00. The first kappa shape index (κ1) is 15.9. The van der Waals surface area contributed by atoms with Crippen molar-refractivity contribution in [3.8, 4) is 0 Å². The number of hydrogen-bond acceptors (Lipinski definition) is 2. The van der Waals surface area contributed by atoms with Gasteiger partial charge in [0.15, 0.2) is 5.11 Å². The average Bonchev–Trinajstić information content (AvgIpc) is 2.46. The molecule has 0 saturated heterocycles. The molecule has 0 radical (unpaired) electrons. The molecular weight excluding hydrogens is 268 g/mol. The van der Waals surface area contributed by atoms with E-state index in [1.165, 1.54) is 6.08 Å². The van der Waals surface area contributed by atoms with E-state index in [0.717, 1.165) is 5.56 Å². The van der Waals surface area contributed by atoms with E-state index < -0.39 is 0 Å². The van der Waals surface area contributed by atoms with Crippen LogP contribution in [0.2, 0.25) is 0 Å². The molecule has 0 fully saturated rings. The smallest absolute Gasteiger partial charge is 0.250 e. The molecule has 20 heavy (non-hydrogen) atoms. The summed E-state index contributed by atoms with van der Waals surface area (Å²) in [5.74, 6) is -0.253. The molecule has 0 aliphatic heterocycles. The maximum absolute atomic E-state index is 11.8. The van der Waals surface area contributed by atoms with Crippen molar-refractivity contribution in [3.63, 3.8) is 0 Å². The van der Waals surface area contributed by atoms with Crippen LogP contribution in [0.25, 0.3) is 6.08 Å². The molecule has 0 aromatic heterocycles. The summed E-state index contributed by atoms with van der Waals surface area (Å²) in [6.45, 7) is 8.44. The van der Waals surface area contributed by atoms with E-state index in [2.05, 4.69) is 18.5 Å². The highest BCUT2D eigenvalue weighted by atomic mass is 32.1. The number of benzene rings is 1. The van der Waals surface area contributed by atoms with Gasteiger partial charge < -0.3 is 4.90 Å². The Morgan fingerprint density at radius 2 is 1.80 bits per heavy atom. The summed E-state index contributed by atoms with van der Waals surface area (Å²) in [7, 11) is 0. The van der Waals surface area contributed by atoms with Crippen molar-refractivity contribution in [2.75, 3.05) is 13.1 Å². The summed E-state index contributed by atoms with van der Waals surface area (Å²) < 4.78 is 0. The quantitative estimate of drug-likeness (QED) is 0.496. The molecule has 0 aliphatic carbocycles. The number of carbonyl (C=O) groups excluding carboxylic acids is 1. The monoisotopic (exact) mass is 286 g/mol. The summed E-state index contributed by atoms with van der Waals surface area (Å²) in [6.07, 6.45) is 6.65. The fourth-order valence-electron chi connectivity index (χ4n) is 1.51. The number of nitrogens with one attached hydrogen (secondary N) is 1. The fourth-order valence-corrected chi connectivity index (χ4v) is 1.76. The van der Waals surface area contributed by atoms with Crippen LogP contribution in [0, 0.1) is 0 Å². The molecule has 3 nitrogen and oxygen atoms in total. The van der Waals surface area contributed by atoms with Gasteiger partial charge in [-0.3, -0.25) is 10.1 Å². The van der Waals surface area contributed by atoms with E-state index in [4.69, 9.17) is 12.2 Å². The Balaban J connectivity index is 2.56. The lowest BCUT2D eigenvalue weighted by molar-refractivity contribution is -0.115.